The topological polar surface area (TPSA) is 95.8 Å². The van der Waals surface area contributed by atoms with Crippen LogP contribution in [0.25, 0.3) is 6.08 Å². The summed E-state index contributed by atoms with van der Waals surface area (Å²) < 4.78 is 0. The molecule has 0 saturated carbocycles. The molecule has 1 N–H and O–H groups in total. The molecule has 0 spiro atoms. The minimum absolute atomic E-state index is 0.0379. The molecular formula is C23H26N4O4. The maximum absolute atomic E-state index is 12.4. The second-order valence-corrected chi connectivity index (χ2v) is 7.44. The Bertz CT molecular complexity index is 967. The standard InChI is InChI=1S/C23H26N4O4/c1-18-16-20(9-10-21(18)27(30)31)23(29)24-17-22(28)26-14-12-25(13-15-26)11-5-8-19-6-3-2-4-7-19/h2-10,16H,11-15,17H2,1H3,(H,24,29)/b8-5+. The summed E-state index contributed by atoms with van der Waals surface area (Å²) in [5, 5.41) is 13.5. The van der Waals surface area contributed by atoms with Gasteiger partial charge in [0.05, 0.1) is 11.5 Å². The minimum Gasteiger partial charge on any atom is -0.343 e. The fraction of sp³-hybridized carbons (Fsp3) is 0.304. The summed E-state index contributed by atoms with van der Waals surface area (Å²) in [6.07, 6.45) is 4.21. The van der Waals surface area contributed by atoms with Crippen LogP contribution in [-0.2, 0) is 4.79 Å². The van der Waals surface area contributed by atoms with E-state index in [0.717, 1.165) is 25.2 Å². The second-order valence-electron chi connectivity index (χ2n) is 7.44. The molecular weight excluding hydrogens is 396 g/mol. The number of piperazine rings is 1. The molecule has 2 aromatic rings. The fourth-order valence-corrected chi connectivity index (χ4v) is 3.45. The van der Waals surface area contributed by atoms with Crippen molar-refractivity contribution in [2.75, 3.05) is 39.3 Å². The summed E-state index contributed by atoms with van der Waals surface area (Å²) in [7, 11) is 0. The number of hydrogen-bond donors (Lipinski definition) is 1. The van der Waals surface area contributed by atoms with Crippen molar-refractivity contribution < 1.29 is 14.5 Å². The minimum atomic E-state index is -0.488. The van der Waals surface area contributed by atoms with Gasteiger partial charge in [-0.3, -0.25) is 24.6 Å². The zero-order valence-electron chi connectivity index (χ0n) is 17.5. The van der Waals surface area contributed by atoms with E-state index in [0.29, 0.717) is 24.2 Å². The summed E-state index contributed by atoms with van der Waals surface area (Å²) in [4.78, 5) is 39.2. The van der Waals surface area contributed by atoms with Gasteiger partial charge in [-0.2, -0.15) is 0 Å². The largest absolute Gasteiger partial charge is 0.343 e. The number of nitro benzene ring substituents is 1. The Morgan fingerprint density at radius 3 is 2.45 bits per heavy atom. The first-order valence-corrected chi connectivity index (χ1v) is 10.2. The molecule has 31 heavy (non-hydrogen) atoms. The van der Waals surface area contributed by atoms with Crippen LogP contribution in [0.2, 0.25) is 0 Å². The number of nitrogens with zero attached hydrogens (tertiary/aromatic N) is 3. The molecule has 0 radical (unpaired) electrons. The number of hydrogen-bond acceptors (Lipinski definition) is 5. The van der Waals surface area contributed by atoms with Gasteiger partial charge in [-0.25, -0.2) is 0 Å². The molecule has 1 aliphatic rings. The molecule has 2 amide bonds. The summed E-state index contributed by atoms with van der Waals surface area (Å²) in [5.41, 5.74) is 1.83. The van der Waals surface area contributed by atoms with Gasteiger partial charge in [-0.05, 0) is 24.6 Å². The Balaban J connectivity index is 1.41. The van der Waals surface area contributed by atoms with Crippen LogP contribution in [0.4, 0.5) is 5.69 Å². The molecule has 1 heterocycles. The highest BCUT2D eigenvalue weighted by Gasteiger charge is 2.21. The molecule has 162 valence electrons. The molecule has 8 nitrogen and oxygen atoms in total. The third-order valence-corrected chi connectivity index (χ3v) is 5.25. The highest BCUT2D eigenvalue weighted by molar-refractivity contribution is 5.96. The normalized spacial score (nSPS) is 14.5. The number of carbonyl (C=O) groups excluding carboxylic acids is 2. The zero-order chi connectivity index (χ0) is 22.2. The second kappa shape index (κ2) is 10.5. The molecule has 0 unspecified atom stereocenters. The lowest BCUT2D eigenvalue weighted by atomic mass is 10.1. The van der Waals surface area contributed by atoms with Crippen molar-refractivity contribution in [3.63, 3.8) is 0 Å². The Kier molecular flexibility index (Phi) is 7.50. The number of benzene rings is 2. The quantitative estimate of drug-likeness (QED) is 0.546. The van der Waals surface area contributed by atoms with Gasteiger partial charge >= 0.3 is 0 Å². The molecule has 0 atom stereocenters. The highest BCUT2D eigenvalue weighted by Crippen LogP contribution is 2.18. The van der Waals surface area contributed by atoms with Crippen molar-refractivity contribution in [2.45, 2.75) is 6.92 Å². The van der Waals surface area contributed by atoms with Gasteiger partial charge < -0.3 is 10.2 Å². The summed E-state index contributed by atoms with van der Waals surface area (Å²) in [6.45, 7) is 5.10. The first-order valence-electron chi connectivity index (χ1n) is 10.2. The van der Waals surface area contributed by atoms with Crippen molar-refractivity contribution in [1.82, 2.24) is 15.1 Å². The smallest absolute Gasteiger partial charge is 0.272 e. The average molecular weight is 422 g/mol. The maximum atomic E-state index is 12.4. The van der Waals surface area contributed by atoms with E-state index in [1.165, 1.54) is 18.2 Å². The fourth-order valence-electron chi connectivity index (χ4n) is 3.45. The van der Waals surface area contributed by atoms with E-state index < -0.39 is 10.8 Å². The predicted molar refractivity (Wildman–Crippen MR) is 119 cm³/mol. The van der Waals surface area contributed by atoms with E-state index in [1.54, 1.807) is 11.8 Å². The zero-order valence-corrected chi connectivity index (χ0v) is 17.5. The van der Waals surface area contributed by atoms with Crippen LogP contribution in [0.5, 0.6) is 0 Å². The first-order chi connectivity index (χ1) is 14.9. The maximum Gasteiger partial charge on any atom is 0.272 e. The van der Waals surface area contributed by atoms with Crippen LogP contribution in [-0.4, -0.2) is 65.8 Å². The highest BCUT2D eigenvalue weighted by atomic mass is 16.6. The van der Waals surface area contributed by atoms with E-state index >= 15 is 0 Å². The van der Waals surface area contributed by atoms with Gasteiger partial charge in [0, 0.05) is 49.9 Å². The lowest BCUT2D eigenvalue weighted by Gasteiger charge is -2.34. The Morgan fingerprint density at radius 1 is 1.10 bits per heavy atom. The van der Waals surface area contributed by atoms with Crippen molar-refractivity contribution >= 4 is 23.6 Å². The Morgan fingerprint density at radius 2 is 1.81 bits per heavy atom. The SMILES string of the molecule is Cc1cc(C(=O)NCC(=O)N2CCN(C/C=C/c3ccccc3)CC2)ccc1[N+](=O)[O-]. The van der Waals surface area contributed by atoms with Crippen molar-refractivity contribution in [3.05, 3.63) is 81.4 Å². The predicted octanol–water partition coefficient (Wildman–Crippen LogP) is 2.49. The van der Waals surface area contributed by atoms with E-state index in [4.69, 9.17) is 0 Å². The number of aryl methyl sites for hydroxylation is 1. The van der Waals surface area contributed by atoms with Gasteiger partial charge in [-0.1, -0.05) is 42.5 Å². The van der Waals surface area contributed by atoms with Gasteiger partial charge in [0.2, 0.25) is 5.91 Å². The van der Waals surface area contributed by atoms with Gasteiger partial charge in [-0.15, -0.1) is 0 Å². The third-order valence-electron chi connectivity index (χ3n) is 5.25. The molecule has 1 saturated heterocycles. The number of carbonyl (C=O) groups is 2. The van der Waals surface area contributed by atoms with Gasteiger partial charge in [0.1, 0.15) is 0 Å². The van der Waals surface area contributed by atoms with E-state index in [9.17, 15) is 19.7 Å². The summed E-state index contributed by atoms with van der Waals surface area (Å²) in [5.74, 6) is -0.553. The van der Waals surface area contributed by atoms with Crippen LogP contribution in [0, 0.1) is 17.0 Å². The van der Waals surface area contributed by atoms with Crippen LogP contribution in [0.3, 0.4) is 0 Å². The summed E-state index contributed by atoms with van der Waals surface area (Å²) >= 11 is 0. The lowest BCUT2D eigenvalue weighted by Crippen LogP contribution is -2.51. The Labute approximate surface area is 181 Å². The molecule has 1 aliphatic heterocycles. The number of rotatable bonds is 7. The van der Waals surface area contributed by atoms with Crippen molar-refractivity contribution in [3.8, 4) is 0 Å². The van der Waals surface area contributed by atoms with Gasteiger partial charge in [0.25, 0.3) is 11.6 Å². The first kappa shape index (κ1) is 22.2. The molecule has 8 heteroatoms. The number of nitrogens with one attached hydrogen (secondary N) is 1. The van der Waals surface area contributed by atoms with Crippen LogP contribution in [0.1, 0.15) is 21.5 Å². The van der Waals surface area contributed by atoms with Crippen molar-refractivity contribution in [2.24, 2.45) is 0 Å². The van der Waals surface area contributed by atoms with E-state index in [-0.39, 0.29) is 18.1 Å². The van der Waals surface area contributed by atoms with E-state index in [2.05, 4.69) is 34.5 Å². The van der Waals surface area contributed by atoms with Gasteiger partial charge in [0.15, 0.2) is 0 Å². The lowest BCUT2D eigenvalue weighted by molar-refractivity contribution is -0.385. The summed E-state index contributed by atoms with van der Waals surface area (Å²) in [6, 6.07) is 14.3. The average Bonchev–Trinajstić information content (AvgIpc) is 2.78. The molecule has 2 aromatic carbocycles. The molecule has 3 rings (SSSR count). The van der Waals surface area contributed by atoms with Crippen molar-refractivity contribution in [1.29, 1.82) is 0 Å². The third kappa shape index (κ3) is 6.23. The van der Waals surface area contributed by atoms with E-state index in [1.807, 2.05) is 18.2 Å². The molecule has 1 fully saturated rings. The molecule has 0 bridgehead atoms. The number of amides is 2. The van der Waals surface area contributed by atoms with Crippen LogP contribution < -0.4 is 5.32 Å². The molecule has 0 aliphatic carbocycles. The number of nitro groups is 1. The van der Waals surface area contributed by atoms with Crippen LogP contribution >= 0.6 is 0 Å². The molecule has 0 aromatic heterocycles. The monoisotopic (exact) mass is 422 g/mol. The van der Waals surface area contributed by atoms with Crippen LogP contribution in [0.15, 0.2) is 54.6 Å². The Hall–Kier alpha value is -3.52.